The lowest BCUT2D eigenvalue weighted by Crippen LogP contribution is -2.22. The zero-order valence-corrected chi connectivity index (χ0v) is 10.2. The fraction of sp³-hybridized carbons (Fsp3) is 0.714. The summed E-state index contributed by atoms with van der Waals surface area (Å²) in [6.45, 7) is 3.28. The lowest BCUT2D eigenvalue weighted by atomic mass is 9.87. The van der Waals surface area contributed by atoms with Crippen LogP contribution in [0.15, 0.2) is 22.8 Å². The van der Waals surface area contributed by atoms with E-state index in [4.69, 9.17) is 4.42 Å². The number of rotatable bonds is 5. The van der Waals surface area contributed by atoms with E-state index >= 15 is 0 Å². The lowest BCUT2D eigenvalue weighted by Gasteiger charge is -2.22. The van der Waals surface area contributed by atoms with Crippen molar-refractivity contribution in [2.45, 2.75) is 51.5 Å². The number of hydrogen-bond donors (Lipinski definition) is 1. The summed E-state index contributed by atoms with van der Waals surface area (Å²) in [4.78, 5) is 0. The van der Waals surface area contributed by atoms with Crippen LogP contribution in [-0.2, 0) is 0 Å². The summed E-state index contributed by atoms with van der Waals surface area (Å²) >= 11 is 0. The largest absolute Gasteiger partial charge is 0.468 e. The molecule has 1 atom stereocenters. The van der Waals surface area contributed by atoms with Gasteiger partial charge in [0.05, 0.1) is 12.3 Å². The third-order valence-corrected chi connectivity index (χ3v) is 3.70. The highest BCUT2D eigenvalue weighted by molar-refractivity contribution is 5.02. The van der Waals surface area contributed by atoms with Crippen molar-refractivity contribution in [3.8, 4) is 0 Å². The monoisotopic (exact) mass is 221 g/mol. The number of nitrogens with one attached hydrogen (secondary N) is 1. The van der Waals surface area contributed by atoms with Gasteiger partial charge in [0.2, 0.25) is 0 Å². The molecule has 1 aromatic rings. The van der Waals surface area contributed by atoms with Crippen molar-refractivity contribution in [2.75, 3.05) is 6.54 Å². The van der Waals surface area contributed by atoms with Gasteiger partial charge in [-0.25, -0.2) is 0 Å². The predicted molar refractivity (Wildman–Crippen MR) is 66.3 cm³/mol. The summed E-state index contributed by atoms with van der Waals surface area (Å²) in [7, 11) is 0. The maximum atomic E-state index is 5.38. The second kappa shape index (κ2) is 6.09. The average molecular weight is 221 g/mol. The summed E-state index contributed by atoms with van der Waals surface area (Å²) in [5, 5.41) is 3.54. The molecular weight excluding hydrogens is 198 g/mol. The zero-order valence-electron chi connectivity index (χ0n) is 10.2. The molecule has 16 heavy (non-hydrogen) atoms. The normalized spacial score (nSPS) is 19.8. The molecule has 0 bridgehead atoms. The molecule has 2 nitrogen and oxygen atoms in total. The maximum absolute atomic E-state index is 5.38. The Morgan fingerprint density at radius 1 is 1.38 bits per heavy atom. The van der Waals surface area contributed by atoms with Gasteiger partial charge < -0.3 is 9.73 Å². The molecule has 1 heterocycles. The second-order valence-corrected chi connectivity index (χ2v) is 4.98. The number of hydrogen-bond acceptors (Lipinski definition) is 2. The van der Waals surface area contributed by atoms with Gasteiger partial charge in [0.25, 0.3) is 0 Å². The molecule has 0 amide bonds. The Kier molecular flexibility index (Phi) is 4.46. The fourth-order valence-electron chi connectivity index (χ4n) is 2.62. The van der Waals surface area contributed by atoms with Crippen LogP contribution in [0.1, 0.15) is 57.3 Å². The van der Waals surface area contributed by atoms with E-state index in [0.29, 0.717) is 6.04 Å². The van der Waals surface area contributed by atoms with Gasteiger partial charge >= 0.3 is 0 Å². The first-order chi connectivity index (χ1) is 7.86. The molecule has 2 rings (SSSR count). The minimum absolute atomic E-state index is 0.346. The molecule has 0 aliphatic heterocycles. The quantitative estimate of drug-likeness (QED) is 0.815. The van der Waals surface area contributed by atoms with Crippen LogP contribution in [0, 0.1) is 5.92 Å². The lowest BCUT2D eigenvalue weighted by molar-refractivity contribution is 0.324. The van der Waals surface area contributed by atoms with Gasteiger partial charge in [-0.1, -0.05) is 32.1 Å². The van der Waals surface area contributed by atoms with Crippen molar-refractivity contribution < 1.29 is 4.42 Å². The van der Waals surface area contributed by atoms with Crippen molar-refractivity contribution in [3.05, 3.63) is 24.2 Å². The van der Waals surface area contributed by atoms with Crippen LogP contribution in [-0.4, -0.2) is 6.54 Å². The molecule has 1 aromatic heterocycles. The second-order valence-electron chi connectivity index (χ2n) is 4.98. The number of furan rings is 1. The van der Waals surface area contributed by atoms with Crippen molar-refractivity contribution in [2.24, 2.45) is 5.92 Å². The van der Waals surface area contributed by atoms with E-state index in [1.165, 1.54) is 38.5 Å². The average Bonchev–Trinajstić information content (AvgIpc) is 2.84. The van der Waals surface area contributed by atoms with Gasteiger partial charge in [0.15, 0.2) is 0 Å². The maximum Gasteiger partial charge on any atom is 0.120 e. The van der Waals surface area contributed by atoms with Crippen LogP contribution >= 0.6 is 0 Å². The summed E-state index contributed by atoms with van der Waals surface area (Å²) in [6, 6.07) is 4.34. The van der Waals surface area contributed by atoms with Gasteiger partial charge in [-0.2, -0.15) is 0 Å². The van der Waals surface area contributed by atoms with Gasteiger partial charge in [-0.05, 0) is 37.9 Å². The van der Waals surface area contributed by atoms with Crippen molar-refractivity contribution in [1.29, 1.82) is 0 Å². The molecular formula is C14H23NO. The van der Waals surface area contributed by atoms with Crippen LogP contribution in [0.2, 0.25) is 0 Å². The summed E-state index contributed by atoms with van der Waals surface area (Å²) < 4.78 is 5.38. The molecule has 1 N–H and O–H groups in total. The van der Waals surface area contributed by atoms with Gasteiger partial charge in [-0.15, -0.1) is 0 Å². The van der Waals surface area contributed by atoms with E-state index < -0.39 is 0 Å². The Hall–Kier alpha value is -0.760. The molecule has 1 saturated carbocycles. The molecule has 0 saturated heterocycles. The Labute approximate surface area is 98.4 Å². The smallest absolute Gasteiger partial charge is 0.120 e. The third-order valence-electron chi connectivity index (χ3n) is 3.70. The molecule has 1 unspecified atom stereocenters. The van der Waals surface area contributed by atoms with Crippen molar-refractivity contribution in [1.82, 2.24) is 5.32 Å². The third kappa shape index (κ3) is 3.38. The molecule has 2 heteroatoms. The van der Waals surface area contributed by atoms with Crippen molar-refractivity contribution >= 4 is 0 Å². The van der Waals surface area contributed by atoms with E-state index in [1.807, 2.05) is 12.1 Å². The Bertz CT molecular complexity index is 275. The fourth-order valence-corrected chi connectivity index (χ4v) is 2.62. The molecule has 0 radical (unpaired) electrons. The van der Waals surface area contributed by atoms with Gasteiger partial charge in [0, 0.05) is 0 Å². The minimum Gasteiger partial charge on any atom is -0.468 e. The van der Waals surface area contributed by atoms with E-state index in [1.54, 1.807) is 6.26 Å². The molecule has 0 aromatic carbocycles. The first-order valence-electron chi connectivity index (χ1n) is 6.63. The summed E-state index contributed by atoms with van der Waals surface area (Å²) in [6.07, 6.45) is 10.3. The Balaban J connectivity index is 1.63. The van der Waals surface area contributed by atoms with Gasteiger partial charge in [0.1, 0.15) is 5.76 Å². The highest BCUT2D eigenvalue weighted by atomic mass is 16.3. The van der Waals surface area contributed by atoms with Crippen molar-refractivity contribution in [3.63, 3.8) is 0 Å². The Morgan fingerprint density at radius 3 is 2.88 bits per heavy atom. The molecule has 1 aliphatic rings. The van der Waals surface area contributed by atoms with Crippen LogP contribution in [0.4, 0.5) is 0 Å². The topological polar surface area (TPSA) is 25.2 Å². The van der Waals surface area contributed by atoms with E-state index in [-0.39, 0.29) is 0 Å². The van der Waals surface area contributed by atoms with Crippen LogP contribution < -0.4 is 5.32 Å². The molecule has 90 valence electrons. The standard InChI is InChI=1S/C14H23NO/c1-12(14-8-5-11-16-14)15-10-9-13-6-3-2-4-7-13/h5,8,11-13,15H,2-4,6-7,9-10H2,1H3. The summed E-state index contributed by atoms with van der Waals surface area (Å²) in [5.74, 6) is 2.01. The first-order valence-corrected chi connectivity index (χ1v) is 6.63. The highest BCUT2D eigenvalue weighted by Crippen LogP contribution is 2.26. The highest BCUT2D eigenvalue weighted by Gasteiger charge is 2.13. The zero-order chi connectivity index (χ0) is 11.2. The Morgan fingerprint density at radius 2 is 2.19 bits per heavy atom. The SMILES string of the molecule is CC(NCCC1CCCCC1)c1ccco1. The molecule has 1 aliphatic carbocycles. The first kappa shape index (κ1) is 11.7. The van der Waals surface area contributed by atoms with E-state index in [2.05, 4.69) is 12.2 Å². The van der Waals surface area contributed by atoms with E-state index in [9.17, 15) is 0 Å². The van der Waals surface area contributed by atoms with Crippen LogP contribution in [0.3, 0.4) is 0 Å². The van der Waals surface area contributed by atoms with Gasteiger partial charge in [-0.3, -0.25) is 0 Å². The van der Waals surface area contributed by atoms with Crippen LogP contribution in [0.25, 0.3) is 0 Å². The van der Waals surface area contributed by atoms with E-state index in [0.717, 1.165) is 18.2 Å². The molecule has 0 spiro atoms. The summed E-state index contributed by atoms with van der Waals surface area (Å²) in [5.41, 5.74) is 0. The minimum atomic E-state index is 0.346. The predicted octanol–water partition coefficient (Wildman–Crippen LogP) is 3.90. The molecule has 1 fully saturated rings. The van der Waals surface area contributed by atoms with Crippen LogP contribution in [0.5, 0.6) is 0 Å².